The van der Waals surface area contributed by atoms with Crippen molar-refractivity contribution >= 4 is 40.2 Å². The van der Waals surface area contributed by atoms with Gasteiger partial charge in [0.25, 0.3) is 0 Å². The van der Waals surface area contributed by atoms with Crippen molar-refractivity contribution in [1.82, 2.24) is 29.5 Å². The van der Waals surface area contributed by atoms with Crippen LogP contribution >= 0.6 is 23.4 Å². The molecule has 4 heterocycles. The number of H-pyrrole nitrogens is 1. The number of fused-ring (bicyclic) bond motifs is 1. The Morgan fingerprint density at radius 2 is 2.18 bits per heavy atom. The monoisotopic (exact) mass is 413 g/mol. The number of imidazole rings is 1. The summed E-state index contributed by atoms with van der Waals surface area (Å²) < 4.78 is 2.05. The molecule has 7 nitrogen and oxygen atoms in total. The number of anilines is 1. The molecule has 2 N–H and O–H groups in total. The van der Waals surface area contributed by atoms with Crippen LogP contribution in [0.4, 0.5) is 5.82 Å². The average Bonchev–Trinajstić information content (AvgIpc) is 3.34. The number of nitrogens with zero attached hydrogens (tertiary/aromatic N) is 5. The van der Waals surface area contributed by atoms with Gasteiger partial charge in [-0.2, -0.15) is 0 Å². The summed E-state index contributed by atoms with van der Waals surface area (Å²) in [5.74, 6) is 0.753. The van der Waals surface area contributed by atoms with Crippen LogP contribution in [0.3, 0.4) is 0 Å². The number of aromatic nitrogens is 6. The molecular weight excluding hydrogens is 394 g/mol. The molecule has 0 aliphatic rings. The molecule has 4 rings (SSSR count). The highest BCUT2D eigenvalue weighted by atomic mass is 35.5. The number of halogens is 1. The zero-order chi connectivity index (χ0) is 19.3. The van der Waals surface area contributed by atoms with Gasteiger partial charge in [0.2, 0.25) is 0 Å². The number of aryl methyl sites for hydroxylation is 2. The summed E-state index contributed by atoms with van der Waals surface area (Å²) in [6, 6.07) is 3.89. The van der Waals surface area contributed by atoms with Crippen LogP contribution in [-0.2, 0) is 13.0 Å². The van der Waals surface area contributed by atoms with Crippen LogP contribution in [0.15, 0.2) is 53.3 Å². The van der Waals surface area contributed by atoms with Gasteiger partial charge in [-0.25, -0.2) is 15.0 Å². The van der Waals surface area contributed by atoms with Crippen LogP contribution in [-0.4, -0.2) is 36.0 Å². The van der Waals surface area contributed by atoms with E-state index in [0.29, 0.717) is 10.2 Å². The topological polar surface area (TPSA) is 84.3 Å². The van der Waals surface area contributed by atoms with E-state index in [2.05, 4.69) is 36.7 Å². The molecule has 0 aliphatic carbocycles. The highest BCUT2D eigenvalue weighted by Gasteiger charge is 2.17. The molecule has 0 saturated heterocycles. The predicted octanol–water partition coefficient (Wildman–Crippen LogP) is 4.42. The Morgan fingerprint density at radius 3 is 2.93 bits per heavy atom. The van der Waals surface area contributed by atoms with E-state index in [9.17, 15) is 0 Å². The van der Waals surface area contributed by atoms with Crippen LogP contribution in [0.5, 0.6) is 0 Å². The summed E-state index contributed by atoms with van der Waals surface area (Å²) in [4.78, 5) is 21.9. The summed E-state index contributed by atoms with van der Waals surface area (Å²) in [7, 11) is 0. The Labute approximate surface area is 172 Å². The van der Waals surface area contributed by atoms with Crippen molar-refractivity contribution in [3.63, 3.8) is 0 Å². The third kappa shape index (κ3) is 4.13. The van der Waals surface area contributed by atoms with E-state index in [1.54, 1.807) is 18.6 Å². The standard InChI is InChI=1S/C19H20ClN7S/c1-2-14-16(20)15-17(23-7-4-9-27-10-8-22-12-27)25-19(26-18(15)24-14)28-13-5-3-6-21-11-13/h3,5-6,8,10-12H,2,4,7,9H2,1H3,(H2,23,24,25,26). The van der Waals surface area contributed by atoms with Gasteiger partial charge in [0.1, 0.15) is 11.5 Å². The van der Waals surface area contributed by atoms with Crippen molar-refractivity contribution in [2.75, 3.05) is 11.9 Å². The van der Waals surface area contributed by atoms with Crippen LogP contribution in [0, 0.1) is 0 Å². The minimum atomic E-state index is 0.651. The Kier molecular flexibility index (Phi) is 5.78. The van der Waals surface area contributed by atoms with Crippen LogP contribution in [0.2, 0.25) is 5.02 Å². The smallest absolute Gasteiger partial charge is 0.196 e. The van der Waals surface area contributed by atoms with E-state index in [-0.39, 0.29) is 0 Å². The molecule has 9 heteroatoms. The normalized spacial score (nSPS) is 11.2. The minimum absolute atomic E-state index is 0.651. The van der Waals surface area contributed by atoms with Crippen LogP contribution < -0.4 is 5.32 Å². The highest BCUT2D eigenvalue weighted by molar-refractivity contribution is 7.99. The fraction of sp³-hybridized carbons (Fsp3) is 0.263. The number of rotatable bonds is 8. The van der Waals surface area contributed by atoms with Gasteiger partial charge < -0.3 is 14.9 Å². The summed E-state index contributed by atoms with van der Waals surface area (Å²) in [5.41, 5.74) is 1.72. The summed E-state index contributed by atoms with van der Waals surface area (Å²) in [6.45, 7) is 3.72. The molecule has 0 radical (unpaired) electrons. The number of aromatic amines is 1. The molecule has 28 heavy (non-hydrogen) atoms. The average molecular weight is 414 g/mol. The van der Waals surface area contributed by atoms with Gasteiger partial charge in [-0.3, -0.25) is 4.98 Å². The molecule has 0 aromatic carbocycles. The largest absolute Gasteiger partial charge is 0.369 e. The molecular formula is C19H20ClN7S. The predicted molar refractivity (Wildman–Crippen MR) is 112 cm³/mol. The molecule has 4 aromatic heterocycles. The fourth-order valence-electron chi connectivity index (χ4n) is 2.90. The third-order valence-electron chi connectivity index (χ3n) is 4.28. The highest BCUT2D eigenvalue weighted by Crippen LogP contribution is 2.34. The van der Waals surface area contributed by atoms with Gasteiger partial charge in [-0.1, -0.05) is 18.5 Å². The van der Waals surface area contributed by atoms with Gasteiger partial charge in [0.15, 0.2) is 5.16 Å². The summed E-state index contributed by atoms with van der Waals surface area (Å²) >= 11 is 8.06. The number of nitrogens with one attached hydrogen (secondary N) is 2. The molecule has 0 fully saturated rings. The van der Waals surface area contributed by atoms with Gasteiger partial charge in [0, 0.05) is 48.5 Å². The first-order valence-electron chi connectivity index (χ1n) is 9.10. The first-order valence-corrected chi connectivity index (χ1v) is 10.3. The molecule has 0 unspecified atom stereocenters. The van der Waals surface area contributed by atoms with Gasteiger partial charge in [-0.05, 0) is 36.7 Å². The Hall–Kier alpha value is -2.58. The van der Waals surface area contributed by atoms with Crippen molar-refractivity contribution in [1.29, 1.82) is 0 Å². The number of hydrogen-bond acceptors (Lipinski definition) is 6. The van der Waals surface area contributed by atoms with E-state index in [1.807, 2.05) is 24.7 Å². The lowest BCUT2D eigenvalue weighted by Gasteiger charge is -2.09. The Bertz CT molecular complexity index is 1050. The molecule has 0 spiro atoms. The second-order valence-electron chi connectivity index (χ2n) is 6.22. The van der Waals surface area contributed by atoms with Gasteiger partial charge in [-0.15, -0.1) is 0 Å². The first-order chi connectivity index (χ1) is 13.7. The lowest BCUT2D eigenvalue weighted by atomic mass is 10.3. The van der Waals surface area contributed by atoms with Crippen molar-refractivity contribution in [3.8, 4) is 0 Å². The molecule has 0 bridgehead atoms. The van der Waals surface area contributed by atoms with E-state index in [0.717, 1.165) is 53.4 Å². The first kappa shape index (κ1) is 18.8. The molecule has 0 aliphatic heterocycles. The zero-order valence-corrected chi connectivity index (χ0v) is 17.0. The van der Waals surface area contributed by atoms with E-state index in [1.165, 1.54) is 11.8 Å². The lowest BCUT2D eigenvalue weighted by Crippen LogP contribution is -2.08. The quantitative estimate of drug-likeness (QED) is 0.328. The maximum Gasteiger partial charge on any atom is 0.196 e. The maximum atomic E-state index is 6.59. The summed E-state index contributed by atoms with van der Waals surface area (Å²) in [5, 5.41) is 5.62. The summed E-state index contributed by atoms with van der Waals surface area (Å²) in [6.07, 6.45) is 10.9. The molecule has 144 valence electrons. The fourth-order valence-corrected chi connectivity index (χ4v) is 4.01. The van der Waals surface area contributed by atoms with Crippen molar-refractivity contribution < 1.29 is 0 Å². The molecule has 4 aromatic rings. The van der Waals surface area contributed by atoms with Gasteiger partial charge >= 0.3 is 0 Å². The van der Waals surface area contributed by atoms with Gasteiger partial charge in [0.05, 0.1) is 16.7 Å². The zero-order valence-electron chi connectivity index (χ0n) is 15.4. The molecule has 0 amide bonds. The Balaban J connectivity index is 1.58. The van der Waals surface area contributed by atoms with Crippen LogP contribution in [0.25, 0.3) is 11.0 Å². The lowest BCUT2D eigenvalue weighted by molar-refractivity contribution is 0.660. The van der Waals surface area contributed by atoms with Crippen molar-refractivity contribution in [2.24, 2.45) is 0 Å². The van der Waals surface area contributed by atoms with E-state index < -0.39 is 0 Å². The second kappa shape index (κ2) is 8.62. The van der Waals surface area contributed by atoms with E-state index >= 15 is 0 Å². The maximum absolute atomic E-state index is 6.59. The van der Waals surface area contributed by atoms with E-state index in [4.69, 9.17) is 16.6 Å². The number of pyridine rings is 1. The minimum Gasteiger partial charge on any atom is -0.369 e. The van der Waals surface area contributed by atoms with Crippen LogP contribution in [0.1, 0.15) is 19.0 Å². The molecule has 0 atom stereocenters. The number of hydrogen-bond donors (Lipinski definition) is 2. The SMILES string of the molecule is CCc1[nH]c2nc(Sc3cccnc3)nc(NCCCn3ccnc3)c2c1Cl. The third-order valence-corrected chi connectivity index (χ3v) is 5.54. The molecule has 0 saturated carbocycles. The second-order valence-corrected chi connectivity index (χ2v) is 7.64. The Morgan fingerprint density at radius 1 is 1.25 bits per heavy atom. The van der Waals surface area contributed by atoms with Crippen molar-refractivity contribution in [2.45, 2.75) is 36.4 Å². The van der Waals surface area contributed by atoms with Crippen molar-refractivity contribution in [3.05, 3.63) is 54.0 Å².